The number of ketones is 1. The van der Waals surface area contributed by atoms with Gasteiger partial charge < -0.3 is 4.90 Å². The van der Waals surface area contributed by atoms with E-state index in [0.717, 1.165) is 11.3 Å². The summed E-state index contributed by atoms with van der Waals surface area (Å²) >= 11 is 1.16. The van der Waals surface area contributed by atoms with E-state index in [9.17, 15) is 14.9 Å². The first-order chi connectivity index (χ1) is 8.68. The van der Waals surface area contributed by atoms with Crippen LogP contribution >= 0.6 is 11.3 Å². The minimum atomic E-state index is -0.444. The molecule has 0 aliphatic heterocycles. The van der Waals surface area contributed by atoms with Crippen molar-refractivity contribution in [1.82, 2.24) is 0 Å². The van der Waals surface area contributed by atoms with Crippen LogP contribution in [-0.2, 0) is 0 Å². The fourth-order valence-electron chi connectivity index (χ4n) is 1.66. The SMILES string of the molecule is C=CCN(c1sc(C(C)=O)cc1[N+](=O)[O-])C(C)(C)C. The Hall–Kier alpha value is -1.69. The number of anilines is 1. The van der Waals surface area contributed by atoms with Gasteiger partial charge >= 0.3 is 5.69 Å². The van der Waals surface area contributed by atoms with Crippen molar-refractivity contribution >= 4 is 27.8 Å². The van der Waals surface area contributed by atoms with Crippen LogP contribution in [0.4, 0.5) is 10.7 Å². The number of carbonyl (C=O) groups is 1. The van der Waals surface area contributed by atoms with E-state index in [-0.39, 0.29) is 17.0 Å². The lowest BCUT2D eigenvalue weighted by Crippen LogP contribution is -2.41. The summed E-state index contributed by atoms with van der Waals surface area (Å²) in [7, 11) is 0. The first-order valence-electron chi connectivity index (χ1n) is 5.86. The average molecular weight is 282 g/mol. The largest absolute Gasteiger partial charge is 0.349 e. The molecule has 0 spiro atoms. The summed E-state index contributed by atoms with van der Waals surface area (Å²) < 4.78 is 0. The third kappa shape index (κ3) is 3.41. The van der Waals surface area contributed by atoms with E-state index in [2.05, 4.69) is 6.58 Å². The Morgan fingerprint density at radius 3 is 2.53 bits per heavy atom. The Morgan fingerprint density at radius 2 is 2.16 bits per heavy atom. The molecule has 104 valence electrons. The van der Waals surface area contributed by atoms with Gasteiger partial charge in [-0.05, 0) is 27.7 Å². The number of nitrogens with zero attached hydrogens (tertiary/aromatic N) is 2. The van der Waals surface area contributed by atoms with Crippen molar-refractivity contribution < 1.29 is 9.72 Å². The monoisotopic (exact) mass is 282 g/mol. The topological polar surface area (TPSA) is 63.5 Å². The summed E-state index contributed by atoms with van der Waals surface area (Å²) in [4.78, 5) is 24.4. The highest BCUT2D eigenvalue weighted by molar-refractivity contribution is 7.18. The lowest BCUT2D eigenvalue weighted by Gasteiger charge is -2.35. The number of nitro groups is 1. The minimum absolute atomic E-state index is 0.0213. The molecule has 0 N–H and O–H groups in total. The summed E-state index contributed by atoms with van der Waals surface area (Å²) in [6, 6.07) is 1.35. The molecule has 0 atom stereocenters. The molecule has 0 fully saturated rings. The van der Waals surface area contributed by atoms with Gasteiger partial charge in [0.15, 0.2) is 10.8 Å². The van der Waals surface area contributed by atoms with E-state index < -0.39 is 4.92 Å². The number of Topliss-reactive ketones (excluding diaryl/α,β-unsaturated/α-hetero) is 1. The van der Waals surface area contributed by atoms with Crippen molar-refractivity contribution in [3.05, 3.63) is 33.7 Å². The Labute approximate surface area is 116 Å². The number of rotatable bonds is 5. The van der Waals surface area contributed by atoms with E-state index in [0.29, 0.717) is 16.4 Å². The van der Waals surface area contributed by atoms with Gasteiger partial charge in [0.25, 0.3) is 0 Å². The number of thiophene rings is 1. The van der Waals surface area contributed by atoms with Gasteiger partial charge in [-0.25, -0.2) is 0 Å². The number of hydrogen-bond acceptors (Lipinski definition) is 5. The average Bonchev–Trinajstić information content (AvgIpc) is 2.68. The summed E-state index contributed by atoms with van der Waals surface area (Å²) in [5, 5.41) is 11.6. The fourth-order valence-corrected chi connectivity index (χ4v) is 2.88. The zero-order valence-corrected chi connectivity index (χ0v) is 12.4. The molecular weight excluding hydrogens is 264 g/mol. The maximum atomic E-state index is 11.4. The molecule has 0 amide bonds. The zero-order valence-electron chi connectivity index (χ0n) is 11.6. The molecule has 0 saturated heterocycles. The molecule has 1 aromatic rings. The summed E-state index contributed by atoms with van der Waals surface area (Å²) in [6.45, 7) is 11.5. The highest BCUT2D eigenvalue weighted by Gasteiger charge is 2.30. The normalized spacial score (nSPS) is 11.2. The Balaban J connectivity index is 3.40. The standard InChI is InChI=1S/C13H18N2O3S/c1-6-7-14(13(3,4)5)12-10(15(17)18)8-11(19-12)9(2)16/h6,8H,1,7H2,2-5H3. The molecule has 0 bridgehead atoms. The molecular formula is C13H18N2O3S. The van der Waals surface area contributed by atoms with Crippen molar-refractivity contribution in [1.29, 1.82) is 0 Å². The van der Waals surface area contributed by atoms with E-state index in [1.165, 1.54) is 13.0 Å². The molecule has 0 radical (unpaired) electrons. The number of carbonyl (C=O) groups excluding carboxylic acids is 1. The molecule has 19 heavy (non-hydrogen) atoms. The van der Waals surface area contributed by atoms with E-state index in [4.69, 9.17) is 0 Å². The second kappa shape index (κ2) is 5.52. The molecule has 5 nitrogen and oxygen atoms in total. The molecule has 0 unspecified atom stereocenters. The van der Waals surface area contributed by atoms with Gasteiger partial charge in [-0.15, -0.1) is 17.9 Å². The Bertz CT molecular complexity index is 514. The van der Waals surface area contributed by atoms with Crippen LogP contribution in [0.1, 0.15) is 37.4 Å². The Kier molecular flexibility index (Phi) is 4.47. The predicted molar refractivity (Wildman–Crippen MR) is 78.3 cm³/mol. The van der Waals surface area contributed by atoms with Gasteiger partial charge in [-0.1, -0.05) is 6.08 Å². The van der Waals surface area contributed by atoms with Crippen LogP contribution in [0.2, 0.25) is 0 Å². The molecule has 1 aromatic heterocycles. The van der Waals surface area contributed by atoms with Crippen molar-refractivity contribution in [2.24, 2.45) is 0 Å². The van der Waals surface area contributed by atoms with Crippen LogP contribution < -0.4 is 4.90 Å². The molecule has 1 rings (SSSR count). The smallest absolute Gasteiger partial charge is 0.304 e. The second-order valence-corrected chi connectivity index (χ2v) is 6.22. The molecule has 0 aromatic carbocycles. The van der Waals surface area contributed by atoms with Gasteiger partial charge in [0.05, 0.1) is 9.80 Å². The van der Waals surface area contributed by atoms with Crippen molar-refractivity contribution in [2.75, 3.05) is 11.4 Å². The molecule has 0 aliphatic rings. The lowest BCUT2D eigenvalue weighted by atomic mass is 10.1. The third-order valence-corrected chi connectivity index (χ3v) is 3.85. The fraction of sp³-hybridized carbons (Fsp3) is 0.462. The van der Waals surface area contributed by atoms with E-state index >= 15 is 0 Å². The third-order valence-electron chi connectivity index (χ3n) is 2.60. The minimum Gasteiger partial charge on any atom is -0.349 e. The maximum absolute atomic E-state index is 11.4. The lowest BCUT2D eigenvalue weighted by molar-refractivity contribution is -0.383. The van der Waals surface area contributed by atoms with E-state index in [1.54, 1.807) is 6.08 Å². The van der Waals surface area contributed by atoms with Crippen LogP contribution in [0.5, 0.6) is 0 Å². The highest BCUT2D eigenvalue weighted by Crippen LogP contribution is 2.40. The summed E-state index contributed by atoms with van der Waals surface area (Å²) in [5.41, 5.74) is -0.315. The molecule has 0 aliphatic carbocycles. The maximum Gasteiger partial charge on any atom is 0.304 e. The van der Waals surface area contributed by atoms with E-state index in [1.807, 2.05) is 25.7 Å². The second-order valence-electron chi connectivity index (χ2n) is 5.18. The summed E-state index contributed by atoms with van der Waals surface area (Å²) in [6.07, 6.45) is 1.70. The zero-order chi connectivity index (χ0) is 14.8. The molecule has 0 saturated carbocycles. The Morgan fingerprint density at radius 1 is 1.58 bits per heavy atom. The van der Waals surface area contributed by atoms with Crippen molar-refractivity contribution in [2.45, 2.75) is 33.2 Å². The van der Waals surface area contributed by atoms with Crippen LogP contribution in [0.25, 0.3) is 0 Å². The first kappa shape index (κ1) is 15.4. The van der Waals surface area contributed by atoms with Crippen molar-refractivity contribution in [3.8, 4) is 0 Å². The van der Waals surface area contributed by atoms with Gasteiger partial charge in [-0.2, -0.15) is 0 Å². The van der Waals surface area contributed by atoms with Crippen LogP contribution in [0.15, 0.2) is 18.7 Å². The predicted octanol–water partition coefficient (Wildman–Crippen LogP) is 3.65. The molecule has 1 heterocycles. The van der Waals surface area contributed by atoms with Crippen LogP contribution in [-0.4, -0.2) is 22.8 Å². The van der Waals surface area contributed by atoms with Crippen molar-refractivity contribution in [3.63, 3.8) is 0 Å². The highest BCUT2D eigenvalue weighted by atomic mass is 32.1. The molecule has 6 heteroatoms. The van der Waals surface area contributed by atoms with Crippen LogP contribution in [0, 0.1) is 10.1 Å². The van der Waals surface area contributed by atoms with Gasteiger partial charge in [0, 0.05) is 18.2 Å². The summed E-state index contributed by atoms with van der Waals surface area (Å²) in [5.74, 6) is -0.160. The van der Waals surface area contributed by atoms with Gasteiger partial charge in [0.2, 0.25) is 0 Å². The first-order valence-corrected chi connectivity index (χ1v) is 6.67. The number of hydrogen-bond donors (Lipinski definition) is 0. The van der Waals surface area contributed by atoms with Gasteiger partial charge in [0.1, 0.15) is 0 Å². The van der Waals surface area contributed by atoms with Crippen LogP contribution in [0.3, 0.4) is 0 Å². The quantitative estimate of drug-likeness (QED) is 0.358. The van der Waals surface area contributed by atoms with Gasteiger partial charge in [-0.3, -0.25) is 14.9 Å².